The third-order valence-electron chi connectivity index (χ3n) is 2.59. The Kier molecular flexibility index (Phi) is 4.94. The fraction of sp³-hybridized carbons (Fsp3) is 0. The predicted molar refractivity (Wildman–Crippen MR) is 84.8 cm³/mol. The quantitative estimate of drug-likeness (QED) is 0.580. The maximum absolute atomic E-state index is 5.17. The van der Waals surface area contributed by atoms with E-state index in [9.17, 15) is 0 Å². The molecule has 0 atom stereocenters. The first-order valence-electron chi connectivity index (χ1n) is 6.16. The molecule has 0 bridgehead atoms. The number of ether oxygens (including phenoxy) is 1. The third-order valence-corrected chi connectivity index (χ3v) is 2.59. The summed E-state index contributed by atoms with van der Waals surface area (Å²) in [6, 6.07) is 18.1. The van der Waals surface area contributed by atoms with E-state index in [1.165, 1.54) is 11.7 Å². The fourth-order valence-electron chi connectivity index (χ4n) is 1.65. The van der Waals surface area contributed by atoms with Crippen molar-refractivity contribution < 1.29 is 4.74 Å². The van der Waals surface area contributed by atoms with Crippen LogP contribution in [-0.2, 0) is 0 Å². The third kappa shape index (κ3) is 4.43. The summed E-state index contributed by atoms with van der Waals surface area (Å²) in [4.78, 5) is 0. The molecule has 2 heteroatoms. The second-order valence-corrected chi connectivity index (χ2v) is 3.98. The first-order valence-corrected chi connectivity index (χ1v) is 6.16. The van der Waals surface area contributed by atoms with Gasteiger partial charge in [0.1, 0.15) is 0 Å². The van der Waals surface area contributed by atoms with Crippen molar-refractivity contribution in [3.05, 3.63) is 77.9 Å². The van der Waals surface area contributed by atoms with Crippen molar-refractivity contribution in [3.8, 4) is 5.75 Å². The van der Waals surface area contributed by atoms with E-state index in [2.05, 4.69) is 31.8 Å². The second kappa shape index (κ2) is 7.17. The summed E-state index contributed by atoms with van der Waals surface area (Å²) in [5.41, 5.74) is 2.33. The Morgan fingerprint density at radius 2 is 1.32 bits per heavy atom. The molecular weight excluding hydrogens is 231 g/mol. The van der Waals surface area contributed by atoms with Gasteiger partial charge in [0.2, 0.25) is 0 Å². The van der Waals surface area contributed by atoms with E-state index < -0.39 is 0 Å². The molecule has 0 aromatic heterocycles. The number of hydrogen-bond donors (Lipinski definition) is 0. The Hall–Kier alpha value is -2.35. The van der Waals surface area contributed by atoms with E-state index in [1.807, 2.05) is 54.6 Å². The Labute approximate surface area is 114 Å². The zero-order chi connectivity index (χ0) is 13.3. The summed E-state index contributed by atoms with van der Waals surface area (Å²) < 4.78 is 5.17. The van der Waals surface area contributed by atoms with Gasteiger partial charge in [0, 0.05) is 0 Å². The van der Waals surface area contributed by atoms with Gasteiger partial charge in [-0.05, 0) is 0 Å². The molecule has 0 unspecified atom stereocenters. The van der Waals surface area contributed by atoms with Crippen LogP contribution in [0.4, 0.5) is 0 Å². The fourth-order valence-corrected chi connectivity index (χ4v) is 1.65. The summed E-state index contributed by atoms with van der Waals surface area (Å²) in [6.45, 7) is 0. The van der Waals surface area contributed by atoms with Crippen LogP contribution in [0.3, 0.4) is 0 Å². The van der Waals surface area contributed by atoms with Crippen LogP contribution in [0.15, 0.2) is 66.7 Å². The van der Waals surface area contributed by atoms with Crippen molar-refractivity contribution in [1.29, 1.82) is 0 Å². The molecule has 0 spiro atoms. The Morgan fingerprint density at radius 3 is 1.89 bits per heavy atom. The van der Waals surface area contributed by atoms with E-state index in [0.717, 1.165) is 11.3 Å². The van der Waals surface area contributed by atoms with Crippen LogP contribution in [-0.4, -0.2) is 13.6 Å². The predicted octanol–water partition coefficient (Wildman–Crippen LogP) is 3.45. The second-order valence-electron chi connectivity index (χ2n) is 3.98. The molecule has 0 fully saturated rings. The van der Waals surface area contributed by atoms with Gasteiger partial charge in [0.05, 0.1) is 0 Å². The van der Waals surface area contributed by atoms with Gasteiger partial charge in [-0.1, -0.05) is 18.2 Å². The summed E-state index contributed by atoms with van der Waals surface area (Å²) in [6.07, 6.45) is 9.61. The molecule has 0 aliphatic carbocycles. The van der Waals surface area contributed by atoms with Gasteiger partial charge in [-0.3, -0.25) is 0 Å². The zero-order valence-electron chi connectivity index (χ0n) is 10.7. The number of hydrogen-bond acceptors (Lipinski definition) is 1. The molecule has 0 heterocycles. The Bertz CT molecular complexity index is 568. The number of benzene rings is 2. The number of rotatable bonds is 5. The van der Waals surface area contributed by atoms with Gasteiger partial charge >= 0.3 is 96.0 Å². The van der Waals surface area contributed by atoms with Gasteiger partial charge in [-0.25, -0.2) is 0 Å². The molecule has 0 saturated carbocycles. The molecular formula is C17H15BO. The van der Waals surface area contributed by atoms with Crippen molar-refractivity contribution >= 4 is 25.8 Å². The van der Waals surface area contributed by atoms with Crippen LogP contribution in [0.25, 0.3) is 12.2 Å². The monoisotopic (exact) mass is 246 g/mol. The van der Waals surface area contributed by atoms with Crippen LogP contribution in [0.2, 0.25) is 0 Å². The molecule has 2 aromatic rings. The van der Waals surface area contributed by atoms with Gasteiger partial charge < -0.3 is 0 Å². The van der Waals surface area contributed by atoms with Crippen LogP contribution in [0.5, 0.6) is 5.75 Å². The van der Waals surface area contributed by atoms with E-state index in [0.29, 0.717) is 0 Å². The van der Waals surface area contributed by atoms with Crippen LogP contribution >= 0.6 is 0 Å². The molecule has 0 aliphatic heterocycles. The van der Waals surface area contributed by atoms with Gasteiger partial charge in [-0.2, -0.15) is 0 Å². The maximum atomic E-state index is 5.17. The SMILES string of the molecule is B=COc1ccc(/C=C/C=C/c2ccccc2)cc1. The van der Waals surface area contributed by atoms with Crippen LogP contribution in [0.1, 0.15) is 11.1 Å². The average molecular weight is 246 g/mol. The topological polar surface area (TPSA) is 9.23 Å². The molecule has 0 saturated heterocycles. The normalized spacial score (nSPS) is 10.9. The molecule has 0 N–H and O–H groups in total. The molecule has 2 rings (SSSR count). The Balaban J connectivity index is 1.95. The van der Waals surface area contributed by atoms with Crippen molar-refractivity contribution in [2.24, 2.45) is 0 Å². The van der Waals surface area contributed by atoms with Crippen molar-refractivity contribution in [2.45, 2.75) is 0 Å². The van der Waals surface area contributed by atoms with Crippen molar-refractivity contribution in [2.75, 3.05) is 0 Å². The summed E-state index contributed by atoms with van der Waals surface area (Å²) in [7, 11) is 3.52. The van der Waals surface area contributed by atoms with Gasteiger partial charge in [0.15, 0.2) is 0 Å². The summed E-state index contributed by atoms with van der Waals surface area (Å²) in [5, 5.41) is 0. The van der Waals surface area contributed by atoms with Crippen molar-refractivity contribution in [3.63, 3.8) is 0 Å². The van der Waals surface area contributed by atoms with E-state index in [4.69, 9.17) is 4.74 Å². The van der Waals surface area contributed by atoms with E-state index in [-0.39, 0.29) is 0 Å². The van der Waals surface area contributed by atoms with Crippen LogP contribution in [0, 0.1) is 0 Å². The molecule has 1 nitrogen and oxygen atoms in total. The van der Waals surface area contributed by atoms with Gasteiger partial charge in [-0.15, -0.1) is 0 Å². The molecule has 92 valence electrons. The molecule has 0 radical (unpaired) electrons. The zero-order valence-corrected chi connectivity index (χ0v) is 10.7. The minimum atomic E-state index is 0.798. The molecule has 0 aliphatic rings. The van der Waals surface area contributed by atoms with Gasteiger partial charge in [0.25, 0.3) is 0 Å². The van der Waals surface area contributed by atoms with E-state index >= 15 is 0 Å². The standard InChI is InChI=1S/C17H15BO/c18-14-19-17-12-10-16(11-13-17)9-5-4-8-15-6-2-1-3-7-15/h1-14,18H/b8-4+,9-5+. The van der Waals surface area contributed by atoms with Crippen LogP contribution < -0.4 is 4.74 Å². The molecule has 2 aromatic carbocycles. The summed E-state index contributed by atoms with van der Waals surface area (Å²) >= 11 is 0. The molecule has 0 amide bonds. The first-order chi connectivity index (χ1) is 9.38. The first kappa shape index (κ1) is 13.1. The molecule has 19 heavy (non-hydrogen) atoms. The average Bonchev–Trinajstić information content (AvgIpc) is 2.47. The Morgan fingerprint density at radius 1 is 0.737 bits per heavy atom. The summed E-state index contributed by atoms with van der Waals surface area (Å²) in [5.74, 6) is 0.798. The number of allylic oxidation sites excluding steroid dienone is 2. The van der Waals surface area contributed by atoms with E-state index in [1.54, 1.807) is 0 Å². The minimum absolute atomic E-state index is 0.798. The van der Waals surface area contributed by atoms with Crippen molar-refractivity contribution in [1.82, 2.24) is 0 Å².